The Morgan fingerprint density at radius 2 is 2.06 bits per heavy atom. The zero-order chi connectivity index (χ0) is 11.7. The summed E-state index contributed by atoms with van der Waals surface area (Å²) in [5.74, 6) is 0.193. The second kappa shape index (κ2) is 4.30. The van der Waals surface area contributed by atoms with Crippen molar-refractivity contribution in [2.45, 2.75) is 12.8 Å². The molecule has 1 fully saturated rings. The number of carbonyl (C=O) groups is 1. The lowest BCUT2D eigenvalue weighted by atomic mass is 10.2. The van der Waals surface area contributed by atoms with Gasteiger partial charge in [-0.15, -0.1) is 11.3 Å². The maximum Gasteiger partial charge on any atom is 0.228 e. The molecule has 0 unspecified atom stereocenters. The number of benzene rings is 1. The van der Waals surface area contributed by atoms with Crippen LogP contribution < -0.4 is 4.90 Å². The van der Waals surface area contributed by atoms with E-state index in [0.29, 0.717) is 6.42 Å². The van der Waals surface area contributed by atoms with Crippen LogP contribution in [0.5, 0.6) is 0 Å². The number of aromatic nitrogens is 1. The normalized spacial score (nSPS) is 15.5. The van der Waals surface area contributed by atoms with Crippen LogP contribution in [0.2, 0.25) is 0 Å². The molecule has 0 bridgehead atoms. The quantitative estimate of drug-likeness (QED) is 0.813. The molecule has 1 amide bonds. The third kappa shape index (κ3) is 1.96. The first kappa shape index (κ1) is 10.5. The predicted octanol–water partition coefficient (Wildman–Crippen LogP) is 2.94. The molecule has 1 aliphatic heterocycles. The Morgan fingerprint density at radius 1 is 1.24 bits per heavy atom. The lowest BCUT2D eigenvalue weighted by molar-refractivity contribution is -0.117. The van der Waals surface area contributed by atoms with E-state index < -0.39 is 0 Å². The smallest absolute Gasteiger partial charge is 0.228 e. The Kier molecular flexibility index (Phi) is 2.65. The summed E-state index contributed by atoms with van der Waals surface area (Å²) in [4.78, 5) is 17.9. The highest BCUT2D eigenvalue weighted by molar-refractivity contribution is 7.14. The number of anilines is 1. The van der Waals surface area contributed by atoms with Gasteiger partial charge in [0.15, 0.2) is 5.13 Å². The van der Waals surface area contributed by atoms with Gasteiger partial charge in [0.25, 0.3) is 0 Å². The Balaban J connectivity index is 1.91. The summed E-state index contributed by atoms with van der Waals surface area (Å²) >= 11 is 1.54. The Bertz CT molecular complexity index is 535. The molecule has 0 saturated carbocycles. The van der Waals surface area contributed by atoms with Crippen molar-refractivity contribution in [3.8, 4) is 11.3 Å². The lowest BCUT2D eigenvalue weighted by Crippen LogP contribution is -2.23. The Hall–Kier alpha value is -1.68. The zero-order valence-electron chi connectivity index (χ0n) is 9.30. The van der Waals surface area contributed by atoms with Crippen LogP contribution in [-0.2, 0) is 4.79 Å². The molecule has 0 radical (unpaired) electrons. The van der Waals surface area contributed by atoms with E-state index in [-0.39, 0.29) is 5.91 Å². The summed E-state index contributed by atoms with van der Waals surface area (Å²) in [6.07, 6.45) is 1.60. The van der Waals surface area contributed by atoms with Crippen molar-refractivity contribution < 1.29 is 4.79 Å². The molecule has 0 atom stereocenters. The highest BCUT2D eigenvalue weighted by atomic mass is 32.1. The zero-order valence-corrected chi connectivity index (χ0v) is 10.1. The van der Waals surface area contributed by atoms with Crippen molar-refractivity contribution in [2.75, 3.05) is 11.4 Å². The number of amides is 1. The fraction of sp³-hybridized carbons (Fsp3) is 0.231. The van der Waals surface area contributed by atoms with Crippen LogP contribution in [0.15, 0.2) is 35.7 Å². The Labute approximate surface area is 104 Å². The third-order valence-corrected chi connectivity index (χ3v) is 3.73. The van der Waals surface area contributed by atoms with Gasteiger partial charge in [0.1, 0.15) is 0 Å². The second-order valence-corrected chi connectivity index (χ2v) is 4.87. The Morgan fingerprint density at radius 3 is 2.76 bits per heavy atom. The monoisotopic (exact) mass is 244 g/mol. The van der Waals surface area contributed by atoms with Crippen LogP contribution in [0.1, 0.15) is 12.8 Å². The first-order valence-electron chi connectivity index (χ1n) is 5.66. The topological polar surface area (TPSA) is 33.2 Å². The average molecular weight is 244 g/mol. The van der Waals surface area contributed by atoms with Crippen molar-refractivity contribution in [1.29, 1.82) is 0 Å². The van der Waals surface area contributed by atoms with Gasteiger partial charge in [-0.1, -0.05) is 30.3 Å². The molecule has 3 rings (SSSR count). The fourth-order valence-electron chi connectivity index (χ4n) is 1.98. The summed E-state index contributed by atoms with van der Waals surface area (Å²) < 4.78 is 0. The van der Waals surface area contributed by atoms with E-state index in [9.17, 15) is 4.79 Å². The van der Waals surface area contributed by atoms with Gasteiger partial charge in [-0.3, -0.25) is 9.69 Å². The van der Waals surface area contributed by atoms with Gasteiger partial charge in [0.05, 0.1) is 5.69 Å². The van der Waals surface area contributed by atoms with Crippen LogP contribution in [0.3, 0.4) is 0 Å². The third-order valence-electron chi connectivity index (χ3n) is 2.87. The molecule has 1 aromatic carbocycles. The summed E-state index contributed by atoms with van der Waals surface area (Å²) in [7, 11) is 0. The first-order chi connectivity index (χ1) is 8.34. The molecule has 0 spiro atoms. The van der Waals surface area contributed by atoms with Crippen LogP contribution in [0.25, 0.3) is 11.3 Å². The molecule has 4 heteroatoms. The minimum absolute atomic E-state index is 0.193. The molecule has 1 aliphatic rings. The molecule has 1 aromatic heterocycles. The fourth-order valence-corrected chi connectivity index (χ4v) is 2.86. The molecule has 86 valence electrons. The number of carbonyl (C=O) groups excluding carboxylic acids is 1. The van der Waals surface area contributed by atoms with Crippen molar-refractivity contribution in [1.82, 2.24) is 4.98 Å². The molecule has 2 aromatic rings. The lowest BCUT2D eigenvalue weighted by Gasteiger charge is -2.10. The highest BCUT2D eigenvalue weighted by Gasteiger charge is 2.24. The molecule has 2 heterocycles. The second-order valence-electron chi connectivity index (χ2n) is 4.03. The molecule has 1 saturated heterocycles. The number of hydrogen-bond donors (Lipinski definition) is 0. The van der Waals surface area contributed by atoms with E-state index in [0.717, 1.165) is 29.4 Å². The van der Waals surface area contributed by atoms with Crippen molar-refractivity contribution in [2.24, 2.45) is 0 Å². The van der Waals surface area contributed by atoms with Gasteiger partial charge in [-0.25, -0.2) is 4.98 Å². The average Bonchev–Trinajstić information content (AvgIpc) is 2.98. The van der Waals surface area contributed by atoms with E-state index in [4.69, 9.17) is 0 Å². The molecule has 3 nitrogen and oxygen atoms in total. The number of rotatable bonds is 2. The standard InChI is InChI=1S/C13H12N2OS/c16-12-7-4-8-15(12)13-14-11(9-17-13)10-5-2-1-3-6-10/h1-3,5-6,9H,4,7-8H2. The van der Waals surface area contributed by atoms with E-state index in [1.807, 2.05) is 35.7 Å². The molecular weight excluding hydrogens is 232 g/mol. The summed E-state index contributed by atoms with van der Waals surface area (Å²) in [6, 6.07) is 10.0. The maximum absolute atomic E-state index is 11.6. The van der Waals surface area contributed by atoms with Crippen LogP contribution in [0, 0.1) is 0 Å². The van der Waals surface area contributed by atoms with E-state index in [2.05, 4.69) is 4.98 Å². The summed E-state index contributed by atoms with van der Waals surface area (Å²) in [6.45, 7) is 0.806. The SMILES string of the molecule is O=C1CCCN1c1nc(-c2ccccc2)cs1. The van der Waals surface area contributed by atoms with Crippen LogP contribution in [-0.4, -0.2) is 17.4 Å². The van der Waals surface area contributed by atoms with Crippen LogP contribution in [0.4, 0.5) is 5.13 Å². The number of hydrogen-bond acceptors (Lipinski definition) is 3. The highest BCUT2D eigenvalue weighted by Crippen LogP contribution is 2.29. The van der Waals surface area contributed by atoms with Gasteiger partial charge in [-0.05, 0) is 6.42 Å². The van der Waals surface area contributed by atoms with Gasteiger partial charge >= 0.3 is 0 Å². The molecule has 17 heavy (non-hydrogen) atoms. The number of nitrogens with zero attached hydrogens (tertiary/aromatic N) is 2. The van der Waals surface area contributed by atoms with Gasteiger partial charge < -0.3 is 0 Å². The predicted molar refractivity (Wildman–Crippen MR) is 69.1 cm³/mol. The number of thiazole rings is 1. The van der Waals surface area contributed by atoms with Crippen LogP contribution >= 0.6 is 11.3 Å². The van der Waals surface area contributed by atoms with Gasteiger partial charge in [0, 0.05) is 23.9 Å². The van der Waals surface area contributed by atoms with Crippen molar-refractivity contribution in [3.05, 3.63) is 35.7 Å². The largest absolute Gasteiger partial charge is 0.288 e. The molecule has 0 N–H and O–H groups in total. The van der Waals surface area contributed by atoms with Gasteiger partial charge in [-0.2, -0.15) is 0 Å². The van der Waals surface area contributed by atoms with Crippen molar-refractivity contribution >= 4 is 22.4 Å². The maximum atomic E-state index is 11.6. The summed E-state index contributed by atoms with van der Waals surface area (Å²) in [5.41, 5.74) is 2.05. The minimum Gasteiger partial charge on any atom is -0.288 e. The molecular formula is C13H12N2OS. The van der Waals surface area contributed by atoms with E-state index >= 15 is 0 Å². The minimum atomic E-state index is 0.193. The summed E-state index contributed by atoms with van der Waals surface area (Å²) in [5, 5.41) is 2.84. The molecule has 0 aliphatic carbocycles. The van der Waals surface area contributed by atoms with E-state index in [1.165, 1.54) is 11.3 Å². The first-order valence-corrected chi connectivity index (χ1v) is 6.54. The van der Waals surface area contributed by atoms with E-state index in [1.54, 1.807) is 4.90 Å². The van der Waals surface area contributed by atoms with Crippen molar-refractivity contribution in [3.63, 3.8) is 0 Å². The van der Waals surface area contributed by atoms with Gasteiger partial charge in [0.2, 0.25) is 5.91 Å².